The van der Waals surface area contributed by atoms with E-state index in [0.717, 1.165) is 55.9 Å². The first-order valence-electron chi connectivity index (χ1n) is 15.3. The minimum atomic E-state index is 0.662. The number of hydrogen-bond acceptors (Lipinski definition) is 3. The lowest BCUT2D eigenvalue weighted by atomic mass is 9.98. The van der Waals surface area contributed by atoms with Crippen molar-refractivity contribution in [3.8, 4) is 67.3 Å². The molecule has 6 aromatic carbocycles. The SMILES string of the molecule is c1c(-c2cc(-c3ccc(-c4cccnc4)cc3)nc(-c3ccc(-c4ccccc4)cc3)n2)ccc(-c2cccc3ccccc23)c#1. The van der Waals surface area contributed by atoms with Gasteiger partial charge in [-0.15, -0.1) is 0 Å². The number of pyridine rings is 1. The molecule has 2 aromatic heterocycles. The molecule has 0 aliphatic heterocycles. The fourth-order valence-corrected chi connectivity index (χ4v) is 5.82. The van der Waals surface area contributed by atoms with Crippen molar-refractivity contribution in [2.75, 3.05) is 0 Å². The van der Waals surface area contributed by atoms with Crippen LogP contribution in [0.5, 0.6) is 0 Å². The predicted octanol–water partition coefficient (Wildman–Crippen LogP) is 10.6. The summed E-state index contributed by atoms with van der Waals surface area (Å²) in [6, 6.07) is 59.1. The van der Waals surface area contributed by atoms with E-state index in [0.29, 0.717) is 5.82 Å². The summed E-state index contributed by atoms with van der Waals surface area (Å²) >= 11 is 0. The number of fused-ring (bicyclic) bond motifs is 1. The molecular formula is C43H27N3. The highest BCUT2D eigenvalue weighted by atomic mass is 14.9. The van der Waals surface area contributed by atoms with Crippen molar-refractivity contribution >= 4 is 10.8 Å². The van der Waals surface area contributed by atoms with Gasteiger partial charge in [0, 0.05) is 29.1 Å². The minimum absolute atomic E-state index is 0.662. The van der Waals surface area contributed by atoms with Crippen LogP contribution < -0.4 is 0 Å². The van der Waals surface area contributed by atoms with E-state index in [4.69, 9.17) is 9.97 Å². The maximum Gasteiger partial charge on any atom is 0.160 e. The van der Waals surface area contributed by atoms with Crippen molar-refractivity contribution in [3.63, 3.8) is 0 Å². The molecule has 0 N–H and O–H groups in total. The molecule has 2 heterocycles. The average Bonchev–Trinajstić information content (AvgIpc) is 3.15. The lowest BCUT2D eigenvalue weighted by Crippen LogP contribution is -1.96. The molecule has 3 heteroatoms. The van der Waals surface area contributed by atoms with E-state index in [1.54, 1.807) is 6.20 Å². The summed E-state index contributed by atoms with van der Waals surface area (Å²) in [6.45, 7) is 0. The van der Waals surface area contributed by atoms with Gasteiger partial charge in [-0.3, -0.25) is 4.98 Å². The van der Waals surface area contributed by atoms with Gasteiger partial charge in [-0.05, 0) is 62.9 Å². The van der Waals surface area contributed by atoms with Crippen LogP contribution in [0.25, 0.3) is 78.1 Å². The Hall–Kier alpha value is -6.37. The Balaban J connectivity index is 1.19. The molecule has 8 aromatic rings. The van der Waals surface area contributed by atoms with Crippen LogP contribution in [0.15, 0.2) is 164 Å². The molecule has 0 saturated carbocycles. The highest BCUT2D eigenvalue weighted by molar-refractivity contribution is 5.96. The third kappa shape index (κ3) is 5.41. The second kappa shape index (κ2) is 12.0. The quantitative estimate of drug-likeness (QED) is 0.195. The van der Waals surface area contributed by atoms with Gasteiger partial charge in [-0.2, -0.15) is 0 Å². The predicted molar refractivity (Wildman–Crippen MR) is 188 cm³/mol. The van der Waals surface area contributed by atoms with Crippen LogP contribution in [0.1, 0.15) is 0 Å². The van der Waals surface area contributed by atoms with Gasteiger partial charge in [-0.25, -0.2) is 9.97 Å². The van der Waals surface area contributed by atoms with E-state index in [-0.39, 0.29) is 0 Å². The minimum Gasteiger partial charge on any atom is -0.264 e. The Labute approximate surface area is 268 Å². The van der Waals surface area contributed by atoms with Gasteiger partial charge in [0.1, 0.15) is 0 Å². The molecule has 46 heavy (non-hydrogen) atoms. The molecule has 8 rings (SSSR count). The highest BCUT2D eigenvalue weighted by Crippen LogP contribution is 2.32. The molecule has 0 bridgehead atoms. The molecule has 3 nitrogen and oxygen atoms in total. The van der Waals surface area contributed by atoms with Crippen molar-refractivity contribution in [1.29, 1.82) is 0 Å². The standard InChI is InChI=1S/C43H27N3/c1-2-8-30(9-3-1)31-17-25-37(26-18-31)43-45-41(35-21-15-32(16-22-35)38-12-7-27-44-29-38)28-42(46-43)36-23-19-34(20-24-36)40-14-6-11-33-10-4-5-13-39(33)40/h1-19,21-23,25-29H. The van der Waals surface area contributed by atoms with Gasteiger partial charge < -0.3 is 0 Å². The molecule has 0 radical (unpaired) electrons. The summed E-state index contributed by atoms with van der Waals surface area (Å²) < 4.78 is 0. The number of hydrogen-bond donors (Lipinski definition) is 0. The molecule has 0 unspecified atom stereocenters. The van der Waals surface area contributed by atoms with Crippen LogP contribution in [0, 0.1) is 12.1 Å². The molecule has 0 amide bonds. The maximum atomic E-state index is 5.06. The summed E-state index contributed by atoms with van der Waals surface area (Å²) in [6.07, 6.45) is 3.67. The number of aromatic nitrogens is 3. The van der Waals surface area contributed by atoms with Gasteiger partial charge in [0.05, 0.1) is 17.0 Å². The Bertz CT molecular complexity index is 2150. The van der Waals surface area contributed by atoms with E-state index < -0.39 is 0 Å². The first-order valence-corrected chi connectivity index (χ1v) is 15.3. The summed E-state index contributed by atoms with van der Waals surface area (Å²) in [5.74, 6) is 0.662. The van der Waals surface area contributed by atoms with Gasteiger partial charge in [-0.1, -0.05) is 140 Å². The molecule has 214 valence electrons. The second-order valence-electron chi connectivity index (χ2n) is 11.2. The van der Waals surface area contributed by atoms with Crippen molar-refractivity contribution in [2.45, 2.75) is 0 Å². The third-order valence-corrected chi connectivity index (χ3v) is 8.26. The lowest BCUT2D eigenvalue weighted by Gasteiger charge is -2.10. The van der Waals surface area contributed by atoms with Gasteiger partial charge in [0.25, 0.3) is 0 Å². The lowest BCUT2D eigenvalue weighted by molar-refractivity contribution is 1.18. The van der Waals surface area contributed by atoms with E-state index in [2.05, 4.69) is 151 Å². The van der Waals surface area contributed by atoms with E-state index >= 15 is 0 Å². The Kier molecular flexibility index (Phi) is 7.07. The molecule has 0 spiro atoms. The van der Waals surface area contributed by atoms with Crippen molar-refractivity contribution in [1.82, 2.24) is 15.0 Å². The van der Waals surface area contributed by atoms with Gasteiger partial charge in [0.15, 0.2) is 5.82 Å². The smallest absolute Gasteiger partial charge is 0.160 e. The summed E-state index contributed by atoms with van der Waals surface area (Å²) in [5.41, 5.74) is 11.1. The average molecular weight is 586 g/mol. The third-order valence-electron chi connectivity index (χ3n) is 8.26. The molecule has 0 aliphatic rings. The Morgan fingerprint density at radius 3 is 1.78 bits per heavy atom. The topological polar surface area (TPSA) is 38.7 Å². The number of benzene rings is 5. The monoisotopic (exact) mass is 585 g/mol. The molecule has 0 saturated heterocycles. The first kappa shape index (κ1) is 27.2. The zero-order chi connectivity index (χ0) is 30.7. The van der Waals surface area contributed by atoms with Crippen LogP contribution >= 0.6 is 0 Å². The summed E-state index contributed by atoms with van der Waals surface area (Å²) in [4.78, 5) is 14.4. The summed E-state index contributed by atoms with van der Waals surface area (Å²) in [7, 11) is 0. The first-order chi connectivity index (χ1) is 22.8. The molecule has 0 fully saturated rings. The van der Waals surface area contributed by atoms with Crippen LogP contribution in [-0.2, 0) is 0 Å². The van der Waals surface area contributed by atoms with Crippen molar-refractivity contribution < 1.29 is 0 Å². The van der Waals surface area contributed by atoms with Gasteiger partial charge >= 0.3 is 0 Å². The maximum absolute atomic E-state index is 5.06. The molecule has 0 atom stereocenters. The number of nitrogens with zero attached hydrogens (tertiary/aromatic N) is 3. The zero-order valence-electron chi connectivity index (χ0n) is 24.9. The molecular weight excluding hydrogens is 558 g/mol. The van der Waals surface area contributed by atoms with Crippen LogP contribution in [0.2, 0.25) is 0 Å². The largest absolute Gasteiger partial charge is 0.264 e. The zero-order valence-corrected chi connectivity index (χ0v) is 24.9. The van der Waals surface area contributed by atoms with Crippen LogP contribution in [0.3, 0.4) is 0 Å². The Morgan fingerprint density at radius 2 is 1.02 bits per heavy atom. The second-order valence-corrected chi connectivity index (χ2v) is 11.2. The van der Waals surface area contributed by atoms with Crippen molar-refractivity contribution in [2.24, 2.45) is 0 Å². The highest BCUT2D eigenvalue weighted by Gasteiger charge is 2.12. The molecule has 0 aliphatic carbocycles. The van der Waals surface area contributed by atoms with Crippen LogP contribution in [-0.4, -0.2) is 15.0 Å². The van der Waals surface area contributed by atoms with Crippen molar-refractivity contribution in [3.05, 3.63) is 176 Å². The normalized spacial score (nSPS) is 10.9. The van der Waals surface area contributed by atoms with E-state index in [9.17, 15) is 0 Å². The Morgan fingerprint density at radius 1 is 0.413 bits per heavy atom. The fraction of sp³-hybridized carbons (Fsp3) is 0. The van der Waals surface area contributed by atoms with E-state index in [1.807, 2.05) is 24.4 Å². The van der Waals surface area contributed by atoms with Crippen LogP contribution in [0.4, 0.5) is 0 Å². The van der Waals surface area contributed by atoms with Gasteiger partial charge in [0.2, 0.25) is 0 Å². The van der Waals surface area contributed by atoms with E-state index in [1.165, 1.54) is 16.3 Å². The number of rotatable bonds is 6. The fourth-order valence-electron chi connectivity index (χ4n) is 5.82. The summed E-state index contributed by atoms with van der Waals surface area (Å²) in [5, 5.41) is 2.40.